The van der Waals surface area contributed by atoms with E-state index < -0.39 is 23.6 Å². The van der Waals surface area contributed by atoms with Gasteiger partial charge in [-0.05, 0) is 144 Å². The molecule has 12 rings (SSSR count). The molecule has 3 atom stereocenters. The number of piperidine rings is 4. The quantitative estimate of drug-likeness (QED) is 0.0887. The van der Waals surface area contributed by atoms with E-state index in [1.54, 1.807) is 18.3 Å². The van der Waals surface area contributed by atoms with Crippen LogP contribution < -0.4 is 25.3 Å². The lowest BCUT2D eigenvalue weighted by Crippen LogP contribution is -2.52. The molecule has 2 bridgehead atoms. The van der Waals surface area contributed by atoms with Crippen LogP contribution in [0.15, 0.2) is 42.6 Å². The first-order chi connectivity index (χ1) is 36.8. The number of amides is 3. The highest BCUT2D eigenvalue weighted by Gasteiger charge is 2.42. The first-order valence-electron chi connectivity index (χ1n) is 27.5. The number of aromatic hydroxyl groups is 1. The molecular weight excluding hydrogens is 972 g/mol. The highest BCUT2D eigenvalue weighted by molar-refractivity contribution is 6.06. The second-order valence-corrected chi connectivity index (χ2v) is 22.7. The lowest BCUT2D eigenvalue weighted by Gasteiger charge is -2.40. The fraction of sp³-hybridized carbons (Fsp3) is 0.517. The van der Waals surface area contributed by atoms with E-state index in [0.29, 0.717) is 75.2 Å². The minimum Gasteiger partial charge on any atom is -0.508 e. The van der Waals surface area contributed by atoms with Gasteiger partial charge >= 0.3 is 0 Å². The number of phenolic OH excluding ortho intramolecular Hbond substituents is 1. The summed E-state index contributed by atoms with van der Waals surface area (Å²) in [5, 5.41) is 18.0. The Morgan fingerprint density at radius 3 is 2.22 bits per heavy atom. The average molecular weight is 1040 g/mol. The number of imide groups is 1. The number of fused-ring (bicyclic) bond motifs is 5. The van der Waals surface area contributed by atoms with Gasteiger partial charge in [0.15, 0.2) is 11.6 Å². The molecular formula is C58H66F3N11O4. The number of carbonyl (C=O) groups is 3. The smallest absolute Gasteiger partial charge is 0.255 e. The number of hydrogen-bond donors (Lipinski definition) is 3. The van der Waals surface area contributed by atoms with Crippen LogP contribution in [0, 0.1) is 47.5 Å². The third-order valence-corrected chi connectivity index (χ3v) is 17.9. The molecule has 5 aromatic rings. The largest absolute Gasteiger partial charge is 0.508 e. The summed E-state index contributed by atoms with van der Waals surface area (Å²) in [4.78, 5) is 64.9. The number of carbonyl (C=O) groups excluding carboxylic acids is 3. The van der Waals surface area contributed by atoms with Crippen molar-refractivity contribution in [3.8, 4) is 29.4 Å². The predicted octanol–water partition coefficient (Wildman–Crippen LogP) is 6.82. The number of benzene rings is 3. The van der Waals surface area contributed by atoms with Gasteiger partial charge in [-0.3, -0.25) is 24.7 Å². The number of nitrogens with zero attached hydrogens (tertiary/aromatic N) is 9. The molecule has 7 aliphatic rings. The molecule has 3 aromatic carbocycles. The molecule has 3 amide bonds. The number of aromatic nitrogens is 3. The summed E-state index contributed by atoms with van der Waals surface area (Å²) >= 11 is 0. The lowest BCUT2D eigenvalue weighted by molar-refractivity contribution is -0.136. The monoisotopic (exact) mass is 1040 g/mol. The number of hydrogen-bond acceptors (Lipinski definition) is 13. The van der Waals surface area contributed by atoms with Gasteiger partial charge in [-0.15, -0.1) is 6.42 Å². The molecule has 18 heteroatoms. The second kappa shape index (κ2) is 20.8. The van der Waals surface area contributed by atoms with Gasteiger partial charge in [-0.2, -0.15) is 4.98 Å². The topological polar surface area (TPSA) is 154 Å². The van der Waals surface area contributed by atoms with Crippen molar-refractivity contribution in [1.82, 2.24) is 40.3 Å². The van der Waals surface area contributed by atoms with Gasteiger partial charge < -0.3 is 39.8 Å². The Bertz CT molecular complexity index is 3130. The van der Waals surface area contributed by atoms with Gasteiger partial charge in [0.25, 0.3) is 5.91 Å². The van der Waals surface area contributed by atoms with Crippen LogP contribution >= 0.6 is 0 Å². The van der Waals surface area contributed by atoms with E-state index in [1.165, 1.54) is 61.3 Å². The zero-order valence-electron chi connectivity index (χ0n) is 43.2. The maximum absolute atomic E-state index is 17.2. The van der Waals surface area contributed by atoms with Crippen molar-refractivity contribution in [2.75, 3.05) is 93.7 Å². The van der Waals surface area contributed by atoms with Gasteiger partial charge in [0.05, 0.1) is 23.2 Å². The Morgan fingerprint density at radius 2 is 1.51 bits per heavy atom. The van der Waals surface area contributed by atoms with E-state index in [4.69, 9.17) is 16.4 Å². The number of nitrogens with one attached hydrogen (secondary N) is 2. The molecule has 15 nitrogen and oxygen atoms in total. The molecule has 398 valence electrons. The first kappa shape index (κ1) is 50.3. The Labute approximate surface area is 441 Å². The number of likely N-dealkylation sites (tertiary alicyclic amines) is 2. The number of likely N-dealkylation sites (N-methyl/N-ethyl adjacent to an activating group) is 1. The highest BCUT2D eigenvalue weighted by Crippen LogP contribution is 2.41. The molecule has 6 fully saturated rings. The zero-order chi connectivity index (χ0) is 52.4. The SMILES string of the molecule is C#Cc1c(F)ccc2cc(O)cc(-c3ncc4c(N5CC6CCC(C5)N6)nc(N(C)CCN5CCC(CC6CCN(CC7CCN(c8ccc9c(c8F)CN(C8CCC(=O)NC8=O)C9=O)CC7)CC6)CC5)nc4c3F)c12. The Morgan fingerprint density at radius 1 is 0.803 bits per heavy atom. The minimum absolute atomic E-state index is 0.0264. The van der Waals surface area contributed by atoms with E-state index >= 15 is 13.2 Å². The molecule has 3 N–H and O–H groups in total. The fourth-order valence-electron chi connectivity index (χ4n) is 13.6. The van der Waals surface area contributed by atoms with Crippen LogP contribution in [0.5, 0.6) is 5.75 Å². The van der Waals surface area contributed by atoms with Crippen molar-refractivity contribution in [3.05, 3.63) is 76.7 Å². The number of rotatable bonds is 12. The third-order valence-electron chi connectivity index (χ3n) is 17.9. The Balaban J connectivity index is 0.629. The summed E-state index contributed by atoms with van der Waals surface area (Å²) < 4.78 is 48.3. The normalized spacial score (nSPS) is 23.2. The number of halogens is 3. The van der Waals surface area contributed by atoms with E-state index in [9.17, 15) is 19.5 Å². The standard InChI is InChI=1S/C58H66F3N11O4/c1-3-41-46(59)8-4-37-27-40(73)28-43(50(37)41)53-52(61)54-44(29-62-53)55(71-31-38-5-6-39(32-71)63-38)66-58(65-54)67(2)24-25-68-18-12-34(13-19-68)26-35-14-20-69(21-15-35)30-36-16-22-70(23-17-36)47-9-7-42-45(51(47)60)33-72(57(42)76)48-10-11-49(74)64-56(48)75/h1,4,7-9,27-29,34-36,38-39,48,63,73H,5-6,10-26,30-33H2,2H3,(H,64,74,75). The zero-order valence-corrected chi connectivity index (χ0v) is 43.2. The number of anilines is 3. The maximum atomic E-state index is 17.2. The van der Waals surface area contributed by atoms with Crippen LogP contribution in [0.4, 0.5) is 30.6 Å². The predicted molar refractivity (Wildman–Crippen MR) is 286 cm³/mol. The van der Waals surface area contributed by atoms with Crippen molar-refractivity contribution >= 4 is 56.9 Å². The number of piperazine rings is 1. The fourth-order valence-corrected chi connectivity index (χ4v) is 13.6. The molecule has 6 saturated heterocycles. The molecule has 9 heterocycles. The summed E-state index contributed by atoms with van der Waals surface area (Å²) in [5.41, 5.74) is 1.36. The van der Waals surface area contributed by atoms with Crippen LogP contribution in [-0.4, -0.2) is 150 Å². The molecule has 0 aliphatic carbocycles. The van der Waals surface area contributed by atoms with Crippen LogP contribution in [0.2, 0.25) is 0 Å². The average Bonchev–Trinajstić information content (AvgIpc) is 4.07. The maximum Gasteiger partial charge on any atom is 0.255 e. The third kappa shape index (κ3) is 9.68. The Kier molecular flexibility index (Phi) is 13.7. The van der Waals surface area contributed by atoms with Gasteiger partial charge in [0.2, 0.25) is 17.8 Å². The molecule has 7 aliphatic heterocycles. The summed E-state index contributed by atoms with van der Waals surface area (Å²) in [6, 6.07) is 8.89. The van der Waals surface area contributed by atoms with Gasteiger partial charge in [0, 0.05) is 99.6 Å². The molecule has 76 heavy (non-hydrogen) atoms. The van der Waals surface area contributed by atoms with Crippen LogP contribution in [0.3, 0.4) is 0 Å². The summed E-state index contributed by atoms with van der Waals surface area (Å²) in [6.07, 6.45) is 17.9. The van der Waals surface area contributed by atoms with E-state index in [1.807, 2.05) is 11.9 Å². The molecule has 2 aromatic heterocycles. The number of pyridine rings is 1. The van der Waals surface area contributed by atoms with Crippen LogP contribution in [0.25, 0.3) is 32.9 Å². The summed E-state index contributed by atoms with van der Waals surface area (Å²) in [7, 11) is 1.96. The van der Waals surface area contributed by atoms with Crippen molar-refractivity contribution < 1.29 is 32.7 Å². The van der Waals surface area contributed by atoms with Crippen molar-refractivity contribution in [3.63, 3.8) is 0 Å². The van der Waals surface area contributed by atoms with Gasteiger partial charge in [-0.25, -0.2) is 18.2 Å². The van der Waals surface area contributed by atoms with Crippen LogP contribution in [0.1, 0.15) is 92.1 Å². The molecule has 0 radical (unpaired) electrons. The van der Waals surface area contributed by atoms with E-state index in [0.717, 1.165) is 97.0 Å². The second-order valence-electron chi connectivity index (χ2n) is 22.7. The van der Waals surface area contributed by atoms with Crippen LogP contribution in [-0.2, 0) is 16.1 Å². The molecule has 0 spiro atoms. The highest BCUT2D eigenvalue weighted by atomic mass is 19.1. The minimum atomic E-state index is -0.770. The van der Waals surface area contributed by atoms with Crippen molar-refractivity contribution in [2.24, 2.45) is 17.8 Å². The lowest BCUT2D eigenvalue weighted by atomic mass is 9.82. The van der Waals surface area contributed by atoms with Gasteiger partial charge in [-0.1, -0.05) is 12.0 Å². The first-order valence-corrected chi connectivity index (χ1v) is 27.5. The number of phenols is 1. The number of terminal acetylenes is 1. The molecule has 0 saturated carbocycles. The summed E-state index contributed by atoms with van der Waals surface area (Å²) in [5.74, 6) is 2.46. The van der Waals surface area contributed by atoms with E-state index in [-0.39, 0.29) is 65.1 Å². The summed E-state index contributed by atoms with van der Waals surface area (Å²) in [6.45, 7) is 9.84. The Hall–Kier alpha value is -6.55. The van der Waals surface area contributed by atoms with Crippen molar-refractivity contribution in [2.45, 2.75) is 95.3 Å². The van der Waals surface area contributed by atoms with Crippen molar-refractivity contribution in [1.29, 1.82) is 0 Å². The molecule has 3 unspecified atom stereocenters. The van der Waals surface area contributed by atoms with Gasteiger partial charge in [0.1, 0.15) is 34.6 Å². The van der Waals surface area contributed by atoms with E-state index in [2.05, 4.69) is 41.1 Å².